The maximum absolute atomic E-state index is 12.2. The van der Waals surface area contributed by atoms with Gasteiger partial charge in [-0.3, -0.25) is 14.6 Å². The van der Waals surface area contributed by atoms with Crippen molar-refractivity contribution in [3.05, 3.63) is 81.8 Å². The summed E-state index contributed by atoms with van der Waals surface area (Å²) in [6, 6.07) is 11.2. The first-order valence-corrected chi connectivity index (χ1v) is 8.88. The van der Waals surface area contributed by atoms with Crippen LogP contribution in [0.5, 0.6) is 5.75 Å². The molecule has 0 aliphatic heterocycles. The number of carbonyl (C=O) groups excluding carboxylic acids is 1. The topological polar surface area (TPSA) is 110 Å². The zero-order chi connectivity index (χ0) is 19.8. The summed E-state index contributed by atoms with van der Waals surface area (Å²) in [6.07, 6.45) is 4.14. The molecule has 0 atom stereocenters. The Morgan fingerprint density at radius 1 is 1.18 bits per heavy atom. The first-order valence-electron chi connectivity index (χ1n) is 8.88. The fraction of sp³-hybridized carbons (Fsp3) is 0.250. The molecule has 2 aromatic heterocycles. The van der Waals surface area contributed by atoms with Gasteiger partial charge in [0.05, 0.1) is 7.11 Å². The maximum Gasteiger partial charge on any atom is 0.272 e. The van der Waals surface area contributed by atoms with Crippen LogP contribution in [0.1, 0.15) is 29.1 Å². The van der Waals surface area contributed by atoms with Crippen LogP contribution in [0.25, 0.3) is 0 Å². The van der Waals surface area contributed by atoms with Crippen molar-refractivity contribution < 1.29 is 9.53 Å². The number of rotatable bonds is 8. The summed E-state index contributed by atoms with van der Waals surface area (Å²) in [4.78, 5) is 30.9. The number of nitrogens with one attached hydrogen (secondary N) is 2. The van der Waals surface area contributed by atoms with Gasteiger partial charge in [0.1, 0.15) is 17.3 Å². The number of nitrogens with zero attached hydrogens (tertiary/aromatic N) is 3. The quantitative estimate of drug-likeness (QED) is 0.612. The summed E-state index contributed by atoms with van der Waals surface area (Å²) in [5.74, 6) is 1.00. The summed E-state index contributed by atoms with van der Waals surface area (Å²) >= 11 is 0. The van der Waals surface area contributed by atoms with Crippen LogP contribution in [0.15, 0.2) is 53.6 Å². The number of carbonyl (C=O) groups is 1. The summed E-state index contributed by atoms with van der Waals surface area (Å²) in [5.41, 5.74) is 1.71. The van der Waals surface area contributed by atoms with E-state index in [1.807, 2.05) is 36.4 Å². The number of aromatic nitrogens is 4. The third kappa shape index (κ3) is 5.23. The van der Waals surface area contributed by atoms with E-state index in [1.54, 1.807) is 19.5 Å². The van der Waals surface area contributed by atoms with Gasteiger partial charge in [-0.05, 0) is 17.7 Å². The Morgan fingerprint density at radius 3 is 2.79 bits per heavy atom. The summed E-state index contributed by atoms with van der Waals surface area (Å²) in [5, 5.41) is 10.9. The van der Waals surface area contributed by atoms with Crippen molar-refractivity contribution in [2.45, 2.75) is 25.8 Å². The number of aromatic amines is 1. The minimum atomic E-state index is -0.333. The Hall–Kier alpha value is -3.55. The van der Waals surface area contributed by atoms with Crippen molar-refractivity contribution in [1.82, 2.24) is 25.5 Å². The lowest BCUT2D eigenvalue weighted by Gasteiger charge is -2.07. The largest absolute Gasteiger partial charge is 0.496 e. The van der Waals surface area contributed by atoms with Crippen molar-refractivity contribution in [3.8, 4) is 5.75 Å². The van der Waals surface area contributed by atoms with Crippen molar-refractivity contribution in [2.24, 2.45) is 0 Å². The van der Waals surface area contributed by atoms with Crippen LogP contribution in [0, 0.1) is 0 Å². The number of methoxy groups -OCH3 is 1. The molecular weight excluding hydrogens is 358 g/mol. The van der Waals surface area contributed by atoms with Crippen molar-refractivity contribution in [2.75, 3.05) is 7.11 Å². The highest BCUT2D eigenvalue weighted by molar-refractivity contribution is 5.76. The summed E-state index contributed by atoms with van der Waals surface area (Å²) in [7, 11) is 1.59. The van der Waals surface area contributed by atoms with Gasteiger partial charge in [0.15, 0.2) is 0 Å². The lowest BCUT2D eigenvalue weighted by Crippen LogP contribution is -2.25. The van der Waals surface area contributed by atoms with Crippen molar-refractivity contribution in [3.63, 3.8) is 0 Å². The van der Waals surface area contributed by atoms with Crippen LogP contribution in [0.4, 0.5) is 0 Å². The molecule has 8 heteroatoms. The minimum absolute atomic E-state index is 0.157. The van der Waals surface area contributed by atoms with E-state index in [4.69, 9.17) is 4.74 Å². The molecule has 0 aliphatic carbocycles. The number of ether oxygens (including phenoxy) is 1. The Bertz CT molecular complexity index is 988. The van der Waals surface area contributed by atoms with Crippen LogP contribution in [-0.4, -0.2) is 33.2 Å². The standard InChI is InChI=1S/C20H21N5O3/c1-28-17-7-3-2-6-15(17)11-18-23-20(27)16(24-25-18)8-9-19(26)22-13-14-5-4-10-21-12-14/h2-7,10,12H,8-9,11,13H2,1H3,(H,22,26)(H,23,25,27). The van der Waals surface area contributed by atoms with E-state index in [0.29, 0.717) is 18.8 Å². The number of benzene rings is 1. The van der Waals surface area contributed by atoms with Gasteiger partial charge < -0.3 is 15.0 Å². The van der Waals surface area contributed by atoms with E-state index >= 15 is 0 Å². The molecule has 1 aromatic carbocycles. The summed E-state index contributed by atoms with van der Waals surface area (Å²) < 4.78 is 5.30. The normalized spacial score (nSPS) is 10.5. The molecule has 2 heterocycles. The predicted molar refractivity (Wildman–Crippen MR) is 103 cm³/mol. The fourth-order valence-corrected chi connectivity index (χ4v) is 2.69. The second kappa shape index (κ2) is 9.40. The zero-order valence-corrected chi connectivity index (χ0v) is 15.5. The summed E-state index contributed by atoms with van der Waals surface area (Å²) in [6.45, 7) is 0.395. The number of pyridine rings is 1. The number of hydrogen-bond donors (Lipinski definition) is 2. The molecule has 0 saturated carbocycles. The molecule has 0 aliphatic rings. The molecule has 2 N–H and O–H groups in total. The molecular formula is C20H21N5O3. The molecule has 0 bridgehead atoms. The van der Waals surface area contributed by atoms with Crippen molar-refractivity contribution in [1.29, 1.82) is 0 Å². The smallest absolute Gasteiger partial charge is 0.272 e. The first kappa shape index (κ1) is 19.2. The SMILES string of the molecule is COc1ccccc1Cc1nnc(CCC(=O)NCc2cccnc2)c(=O)[nH]1. The molecule has 0 fully saturated rings. The monoisotopic (exact) mass is 379 g/mol. The van der Waals surface area contributed by atoms with Gasteiger partial charge in [0.25, 0.3) is 5.56 Å². The Balaban J connectivity index is 1.55. The second-order valence-electron chi connectivity index (χ2n) is 6.17. The molecule has 0 unspecified atom stereocenters. The van der Waals surface area contributed by atoms with Gasteiger partial charge in [-0.2, -0.15) is 0 Å². The van der Waals surface area contributed by atoms with Crippen LogP contribution < -0.4 is 15.6 Å². The molecule has 0 saturated heterocycles. The minimum Gasteiger partial charge on any atom is -0.496 e. The third-order valence-electron chi connectivity index (χ3n) is 4.16. The van der Waals surface area contributed by atoms with Crippen molar-refractivity contribution >= 4 is 5.91 Å². The average molecular weight is 379 g/mol. The van der Waals surface area contributed by atoms with Gasteiger partial charge in [0.2, 0.25) is 5.91 Å². The van der Waals surface area contributed by atoms with Gasteiger partial charge in [-0.15, -0.1) is 10.2 Å². The number of H-pyrrole nitrogens is 1. The molecule has 28 heavy (non-hydrogen) atoms. The third-order valence-corrected chi connectivity index (χ3v) is 4.16. The first-order chi connectivity index (χ1) is 13.7. The Morgan fingerprint density at radius 2 is 2.04 bits per heavy atom. The second-order valence-corrected chi connectivity index (χ2v) is 6.17. The highest BCUT2D eigenvalue weighted by Gasteiger charge is 2.10. The Kier molecular flexibility index (Phi) is 6.46. The lowest BCUT2D eigenvalue weighted by molar-refractivity contribution is -0.121. The highest BCUT2D eigenvalue weighted by atomic mass is 16.5. The number of hydrogen-bond acceptors (Lipinski definition) is 6. The van der Waals surface area contributed by atoms with Gasteiger partial charge in [-0.25, -0.2) is 0 Å². The Labute approximate surface area is 162 Å². The zero-order valence-electron chi connectivity index (χ0n) is 15.5. The fourth-order valence-electron chi connectivity index (χ4n) is 2.69. The molecule has 1 amide bonds. The molecule has 144 valence electrons. The average Bonchev–Trinajstić information content (AvgIpc) is 2.73. The van der Waals surface area contributed by atoms with E-state index < -0.39 is 0 Å². The van der Waals surface area contributed by atoms with Gasteiger partial charge in [-0.1, -0.05) is 24.3 Å². The molecule has 3 rings (SSSR count). The molecule has 3 aromatic rings. The van der Waals surface area contributed by atoms with Gasteiger partial charge in [0, 0.05) is 43.8 Å². The number of para-hydroxylation sites is 1. The number of aryl methyl sites for hydroxylation is 1. The molecule has 8 nitrogen and oxygen atoms in total. The maximum atomic E-state index is 12.2. The highest BCUT2D eigenvalue weighted by Crippen LogP contribution is 2.19. The predicted octanol–water partition coefficient (Wildman–Crippen LogP) is 1.41. The van der Waals surface area contributed by atoms with E-state index in [2.05, 4.69) is 25.5 Å². The van der Waals surface area contributed by atoms with E-state index in [9.17, 15) is 9.59 Å². The van der Waals surface area contributed by atoms with E-state index in [0.717, 1.165) is 16.9 Å². The lowest BCUT2D eigenvalue weighted by atomic mass is 10.1. The van der Waals surface area contributed by atoms with E-state index in [1.165, 1.54) is 0 Å². The van der Waals surface area contributed by atoms with Crippen LogP contribution in [0.3, 0.4) is 0 Å². The van der Waals surface area contributed by atoms with Gasteiger partial charge >= 0.3 is 0 Å². The molecule has 0 spiro atoms. The molecule has 0 radical (unpaired) electrons. The van der Waals surface area contributed by atoms with Crippen LogP contribution in [-0.2, 0) is 24.2 Å². The van der Waals surface area contributed by atoms with Crippen LogP contribution >= 0.6 is 0 Å². The number of amides is 1. The van der Waals surface area contributed by atoms with E-state index in [-0.39, 0.29) is 30.0 Å². The van der Waals surface area contributed by atoms with Crippen LogP contribution in [0.2, 0.25) is 0 Å².